The molecule has 0 atom stereocenters. The lowest BCUT2D eigenvalue weighted by molar-refractivity contribution is 0.464. The lowest BCUT2D eigenvalue weighted by atomic mass is 10.5. The summed E-state index contributed by atoms with van der Waals surface area (Å²) in [7, 11) is -3.86. The maximum absolute atomic E-state index is 12.9. The molecule has 0 saturated heterocycles. The van der Waals surface area contributed by atoms with Crippen LogP contribution in [-0.4, -0.2) is 36.6 Å². The van der Waals surface area contributed by atoms with Gasteiger partial charge in [-0.15, -0.1) is 0 Å². The second kappa shape index (κ2) is 5.19. The monoisotopic (exact) mass is 260 g/mol. The van der Waals surface area contributed by atoms with Crippen LogP contribution < -0.4 is 5.73 Å². The van der Waals surface area contributed by atoms with Gasteiger partial charge in [-0.05, 0) is 6.07 Å². The van der Waals surface area contributed by atoms with Gasteiger partial charge in [-0.1, -0.05) is 6.92 Å². The van der Waals surface area contributed by atoms with Crippen molar-refractivity contribution in [1.29, 1.82) is 5.41 Å². The maximum atomic E-state index is 12.9. The van der Waals surface area contributed by atoms with Gasteiger partial charge in [-0.3, -0.25) is 10.4 Å². The Kier molecular flexibility index (Phi) is 4.13. The third-order valence-electron chi connectivity index (χ3n) is 2.02. The van der Waals surface area contributed by atoms with Crippen molar-refractivity contribution in [1.82, 2.24) is 9.29 Å². The van der Waals surface area contributed by atoms with E-state index >= 15 is 0 Å². The predicted octanol–water partition coefficient (Wildman–Crippen LogP) is 0.167. The number of hydrogen-bond acceptors (Lipinski definition) is 4. The van der Waals surface area contributed by atoms with Gasteiger partial charge in [-0.25, -0.2) is 12.8 Å². The molecule has 0 saturated carbocycles. The van der Waals surface area contributed by atoms with Gasteiger partial charge in [0.25, 0.3) is 0 Å². The number of sulfonamides is 1. The minimum absolute atomic E-state index is 0.137. The number of nitrogens with zero attached hydrogens (tertiary/aromatic N) is 2. The van der Waals surface area contributed by atoms with Gasteiger partial charge in [0, 0.05) is 12.7 Å². The Labute approximate surface area is 98.8 Å². The summed E-state index contributed by atoms with van der Waals surface area (Å²) >= 11 is 0. The number of halogens is 1. The summed E-state index contributed by atoms with van der Waals surface area (Å²) in [4.78, 5) is 3.23. The molecule has 0 radical (unpaired) electrons. The molecule has 3 N–H and O–H groups in total. The summed E-state index contributed by atoms with van der Waals surface area (Å²) in [5.74, 6) is -1.01. The van der Waals surface area contributed by atoms with Gasteiger partial charge in [0.05, 0.1) is 12.7 Å². The summed E-state index contributed by atoms with van der Waals surface area (Å²) in [6.07, 6.45) is 1.97. The van der Waals surface area contributed by atoms with E-state index in [2.05, 4.69) is 4.98 Å². The molecule has 0 aliphatic carbocycles. The molecule has 94 valence electrons. The molecule has 0 bridgehead atoms. The van der Waals surface area contributed by atoms with Gasteiger partial charge in [-0.2, -0.15) is 4.31 Å². The number of pyridine rings is 1. The zero-order valence-electron chi connectivity index (χ0n) is 9.22. The van der Waals surface area contributed by atoms with Crippen LogP contribution in [-0.2, 0) is 10.0 Å². The van der Waals surface area contributed by atoms with E-state index in [0.29, 0.717) is 0 Å². The predicted molar refractivity (Wildman–Crippen MR) is 60.5 cm³/mol. The fourth-order valence-corrected chi connectivity index (χ4v) is 2.64. The average molecular weight is 260 g/mol. The largest absolute Gasteiger partial charge is 0.387 e. The Morgan fingerprint density at radius 2 is 2.24 bits per heavy atom. The van der Waals surface area contributed by atoms with Crippen molar-refractivity contribution in [2.45, 2.75) is 11.8 Å². The summed E-state index contributed by atoms with van der Waals surface area (Å²) in [6.45, 7) is 1.51. The van der Waals surface area contributed by atoms with Crippen LogP contribution in [0.2, 0.25) is 0 Å². The molecule has 1 rings (SSSR count). The van der Waals surface area contributed by atoms with Crippen molar-refractivity contribution in [2.75, 3.05) is 13.1 Å². The molecular formula is C9H13FN4O2S. The van der Waals surface area contributed by atoms with Gasteiger partial charge in [0.15, 0.2) is 0 Å². The van der Waals surface area contributed by atoms with E-state index in [4.69, 9.17) is 11.1 Å². The normalized spacial score (nSPS) is 11.7. The van der Waals surface area contributed by atoms with E-state index in [-0.39, 0.29) is 23.8 Å². The molecule has 1 heterocycles. The molecule has 0 fully saturated rings. The van der Waals surface area contributed by atoms with Crippen LogP contribution in [0.5, 0.6) is 0 Å². The Morgan fingerprint density at radius 1 is 1.59 bits per heavy atom. The molecule has 0 aromatic carbocycles. The van der Waals surface area contributed by atoms with Crippen LogP contribution in [0.4, 0.5) is 4.39 Å². The summed E-state index contributed by atoms with van der Waals surface area (Å²) in [6, 6.07) is 0.880. The molecule has 0 aliphatic rings. The van der Waals surface area contributed by atoms with Gasteiger partial charge >= 0.3 is 0 Å². The topological polar surface area (TPSA) is 100 Å². The third kappa shape index (κ3) is 3.21. The molecule has 8 heteroatoms. The van der Waals surface area contributed by atoms with Crippen LogP contribution in [0.15, 0.2) is 23.4 Å². The second-order valence-corrected chi connectivity index (χ2v) is 5.23. The average Bonchev–Trinajstić information content (AvgIpc) is 2.25. The Morgan fingerprint density at radius 3 is 2.71 bits per heavy atom. The van der Waals surface area contributed by atoms with E-state index in [1.54, 1.807) is 6.92 Å². The zero-order chi connectivity index (χ0) is 13.1. The first-order valence-electron chi connectivity index (χ1n) is 4.81. The van der Waals surface area contributed by atoms with Gasteiger partial charge in [0.1, 0.15) is 16.5 Å². The number of nitrogens with two attached hydrogens (primary N) is 1. The molecular weight excluding hydrogens is 247 g/mol. The number of rotatable bonds is 5. The number of aromatic nitrogens is 1. The Balaban J connectivity index is 3.13. The van der Waals surface area contributed by atoms with Crippen molar-refractivity contribution in [3.05, 3.63) is 24.3 Å². The van der Waals surface area contributed by atoms with E-state index < -0.39 is 15.8 Å². The van der Waals surface area contributed by atoms with Gasteiger partial charge < -0.3 is 5.73 Å². The lowest BCUT2D eigenvalue weighted by Crippen LogP contribution is -2.38. The highest BCUT2D eigenvalue weighted by atomic mass is 32.2. The summed E-state index contributed by atoms with van der Waals surface area (Å²) in [5.41, 5.74) is 5.16. The maximum Gasteiger partial charge on any atom is 0.245 e. The minimum atomic E-state index is -3.86. The molecule has 0 amide bonds. The third-order valence-corrected chi connectivity index (χ3v) is 3.90. The highest BCUT2D eigenvalue weighted by molar-refractivity contribution is 7.89. The van der Waals surface area contributed by atoms with Crippen LogP contribution in [0.1, 0.15) is 6.92 Å². The van der Waals surface area contributed by atoms with Crippen LogP contribution >= 0.6 is 0 Å². The number of nitrogens with one attached hydrogen (secondary N) is 1. The number of amidine groups is 1. The van der Waals surface area contributed by atoms with E-state index in [1.165, 1.54) is 0 Å². The quantitative estimate of drug-likeness (QED) is 0.582. The number of hydrogen-bond donors (Lipinski definition) is 2. The fourth-order valence-electron chi connectivity index (χ4n) is 1.24. The minimum Gasteiger partial charge on any atom is -0.387 e. The van der Waals surface area contributed by atoms with Crippen LogP contribution in [0.25, 0.3) is 0 Å². The van der Waals surface area contributed by atoms with E-state index in [1.807, 2.05) is 0 Å². The van der Waals surface area contributed by atoms with E-state index in [0.717, 1.165) is 22.8 Å². The second-order valence-electron chi connectivity index (χ2n) is 3.30. The Hall–Kier alpha value is -1.54. The zero-order valence-corrected chi connectivity index (χ0v) is 10.0. The highest BCUT2D eigenvalue weighted by Gasteiger charge is 2.24. The fraction of sp³-hybridized carbons (Fsp3) is 0.333. The molecule has 1 aromatic rings. The summed E-state index contributed by atoms with van der Waals surface area (Å²) < 4.78 is 37.9. The molecule has 0 unspecified atom stereocenters. The standard InChI is InChI=1S/C9H13FN4O2S/c1-2-14(6-9(11)12)17(15,16)8-3-7(10)4-13-5-8/h3-5H,2,6H2,1H3,(H3,11,12). The first-order chi connectivity index (χ1) is 7.87. The molecule has 17 heavy (non-hydrogen) atoms. The molecule has 0 aliphatic heterocycles. The van der Waals surface area contributed by atoms with Crippen LogP contribution in [0, 0.1) is 11.2 Å². The molecule has 0 spiro atoms. The first-order valence-corrected chi connectivity index (χ1v) is 6.25. The van der Waals surface area contributed by atoms with Crippen molar-refractivity contribution in [3.8, 4) is 0 Å². The van der Waals surface area contributed by atoms with E-state index in [9.17, 15) is 12.8 Å². The SMILES string of the molecule is CCN(CC(=N)N)S(=O)(=O)c1cncc(F)c1. The van der Waals surface area contributed by atoms with Crippen LogP contribution in [0.3, 0.4) is 0 Å². The smallest absolute Gasteiger partial charge is 0.245 e. The molecule has 1 aromatic heterocycles. The summed E-state index contributed by atoms with van der Waals surface area (Å²) in [5, 5.41) is 7.09. The van der Waals surface area contributed by atoms with Crippen molar-refractivity contribution in [3.63, 3.8) is 0 Å². The Bertz CT molecular complexity index is 517. The van der Waals surface area contributed by atoms with Crippen molar-refractivity contribution >= 4 is 15.9 Å². The van der Waals surface area contributed by atoms with Gasteiger partial charge in [0.2, 0.25) is 10.0 Å². The highest BCUT2D eigenvalue weighted by Crippen LogP contribution is 2.14. The van der Waals surface area contributed by atoms with Crippen molar-refractivity contribution in [2.24, 2.45) is 5.73 Å². The number of likely N-dealkylation sites (N-methyl/N-ethyl adjacent to an activating group) is 1. The molecule has 6 nitrogen and oxygen atoms in total. The first kappa shape index (κ1) is 13.5. The lowest BCUT2D eigenvalue weighted by Gasteiger charge is -2.19. The van der Waals surface area contributed by atoms with Crippen molar-refractivity contribution < 1.29 is 12.8 Å².